The van der Waals surface area contributed by atoms with Crippen molar-refractivity contribution in [2.24, 2.45) is 0 Å². The van der Waals surface area contributed by atoms with Gasteiger partial charge in [-0.05, 0) is 50.7 Å². The van der Waals surface area contributed by atoms with E-state index in [1.54, 1.807) is 18.3 Å². The summed E-state index contributed by atoms with van der Waals surface area (Å²) in [6, 6.07) is 3.45. The monoisotopic (exact) mass is 473 g/mol. The third-order valence-corrected chi connectivity index (χ3v) is 5.84. The largest absolute Gasteiger partial charge is 0.375 e. The van der Waals surface area contributed by atoms with Gasteiger partial charge in [0.1, 0.15) is 9.26 Å². The molecule has 1 N–H and O–H groups in total. The summed E-state index contributed by atoms with van der Waals surface area (Å²) in [5.41, 5.74) is 0.535. The van der Waals surface area contributed by atoms with Crippen LogP contribution in [0.15, 0.2) is 22.8 Å². The van der Waals surface area contributed by atoms with Gasteiger partial charge in [0.05, 0.1) is 11.5 Å². The number of nitrogens with one attached hydrogen (secondary N) is 1. The Balaban J connectivity index is 2.25. The predicted molar refractivity (Wildman–Crippen MR) is 88.0 cm³/mol. The van der Waals surface area contributed by atoms with Gasteiger partial charge in [-0.25, -0.2) is 4.98 Å². The molecule has 1 aromatic heterocycles. The highest BCUT2D eigenvalue weighted by molar-refractivity contribution is 14.1. The van der Waals surface area contributed by atoms with Crippen molar-refractivity contribution in [1.82, 2.24) is 4.98 Å². The van der Waals surface area contributed by atoms with Crippen LogP contribution in [0.25, 0.3) is 0 Å². The van der Waals surface area contributed by atoms with E-state index in [0.717, 1.165) is 4.88 Å². The van der Waals surface area contributed by atoms with Crippen LogP contribution >= 0.6 is 61.5 Å². The van der Waals surface area contributed by atoms with Gasteiger partial charge in [-0.3, -0.25) is 10.1 Å². The summed E-state index contributed by atoms with van der Waals surface area (Å²) < 4.78 is 1.72. The van der Waals surface area contributed by atoms with E-state index in [4.69, 9.17) is 11.6 Å². The Hall–Kier alpha value is -0.450. The number of anilines is 1. The van der Waals surface area contributed by atoms with Crippen molar-refractivity contribution < 1.29 is 4.92 Å². The molecule has 0 spiro atoms. The maximum absolute atomic E-state index is 11.1. The molecule has 100 valence electrons. The number of halogens is 3. The van der Waals surface area contributed by atoms with E-state index in [2.05, 4.69) is 26.2 Å². The maximum atomic E-state index is 11.1. The zero-order valence-corrected chi connectivity index (χ0v) is 14.5. The molecule has 2 aromatic rings. The van der Waals surface area contributed by atoms with Crippen LogP contribution in [0.5, 0.6) is 0 Å². The summed E-state index contributed by atoms with van der Waals surface area (Å²) in [6.07, 6.45) is 1.65. The third kappa shape index (κ3) is 3.56. The molecule has 19 heavy (non-hydrogen) atoms. The van der Waals surface area contributed by atoms with Crippen LogP contribution < -0.4 is 5.32 Å². The normalized spacial score (nSPS) is 10.5. The van der Waals surface area contributed by atoms with Crippen LogP contribution in [0.3, 0.4) is 0 Å². The second kappa shape index (κ2) is 6.33. The molecule has 0 fully saturated rings. The number of nitrogens with zero attached hydrogens (tertiary/aromatic N) is 2. The summed E-state index contributed by atoms with van der Waals surface area (Å²) >= 11 is 12.3. The van der Waals surface area contributed by atoms with Gasteiger partial charge < -0.3 is 5.32 Å². The van der Waals surface area contributed by atoms with Gasteiger partial charge in [0.2, 0.25) is 0 Å². The lowest BCUT2D eigenvalue weighted by molar-refractivity contribution is -0.385. The van der Waals surface area contributed by atoms with Gasteiger partial charge in [0.15, 0.2) is 4.47 Å². The van der Waals surface area contributed by atoms with E-state index in [0.29, 0.717) is 24.7 Å². The van der Waals surface area contributed by atoms with E-state index in [1.165, 1.54) is 11.3 Å². The summed E-state index contributed by atoms with van der Waals surface area (Å²) in [4.78, 5) is 15.6. The molecular weight excluding hydrogens is 468 g/mol. The number of hydrogen-bond acceptors (Lipinski definition) is 5. The molecule has 0 saturated heterocycles. The quantitative estimate of drug-likeness (QED) is 0.397. The van der Waals surface area contributed by atoms with Crippen LogP contribution in [0.4, 0.5) is 11.4 Å². The van der Waals surface area contributed by atoms with Crippen LogP contribution in [0.2, 0.25) is 4.47 Å². The molecule has 0 bridgehead atoms. The summed E-state index contributed by atoms with van der Waals surface area (Å²) in [7, 11) is 0. The SMILES string of the molecule is O=[N+]([O-])c1c(NCc2cnc(Cl)s2)ccc(Br)c1I. The van der Waals surface area contributed by atoms with Crippen LogP contribution in [0.1, 0.15) is 4.88 Å². The Labute approximate surface area is 139 Å². The zero-order chi connectivity index (χ0) is 14.0. The van der Waals surface area contributed by atoms with Crippen LogP contribution in [-0.2, 0) is 6.54 Å². The number of aromatic nitrogens is 1. The molecule has 0 saturated carbocycles. The van der Waals surface area contributed by atoms with Gasteiger partial charge in [-0.2, -0.15) is 0 Å². The van der Waals surface area contributed by atoms with E-state index < -0.39 is 4.92 Å². The maximum Gasteiger partial charge on any atom is 0.306 e. The molecule has 1 aromatic carbocycles. The first-order valence-corrected chi connectivity index (χ1v) is 8.02. The Kier molecular flexibility index (Phi) is 4.98. The Morgan fingerprint density at radius 3 is 2.89 bits per heavy atom. The zero-order valence-electron chi connectivity index (χ0n) is 9.19. The topological polar surface area (TPSA) is 68.1 Å². The molecule has 1 heterocycles. The predicted octanol–water partition coefficient (Wildman–Crippen LogP) is 4.68. The molecular formula is C10H6BrClIN3O2S. The molecule has 0 radical (unpaired) electrons. The smallest absolute Gasteiger partial charge is 0.306 e. The fraction of sp³-hybridized carbons (Fsp3) is 0.100. The van der Waals surface area contributed by atoms with E-state index in [-0.39, 0.29) is 5.69 Å². The minimum Gasteiger partial charge on any atom is -0.375 e. The lowest BCUT2D eigenvalue weighted by atomic mass is 10.2. The van der Waals surface area contributed by atoms with Crippen molar-refractivity contribution in [2.45, 2.75) is 6.54 Å². The second-order valence-corrected chi connectivity index (χ2v) is 7.08. The van der Waals surface area contributed by atoms with Gasteiger partial charge in [-0.1, -0.05) is 11.6 Å². The molecule has 2 rings (SSSR count). The second-order valence-electron chi connectivity index (χ2n) is 3.45. The summed E-state index contributed by atoms with van der Waals surface area (Å²) in [6.45, 7) is 0.447. The first kappa shape index (κ1) is 14.9. The number of nitro groups is 1. The van der Waals surface area contributed by atoms with E-state index >= 15 is 0 Å². The number of thiazole rings is 1. The molecule has 0 aliphatic carbocycles. The van der Waals surface area contributed by atoms with Crippen LogP contribution in [0, 0.1) is 13.7 Å². The van der Waals surface area contributed by atoms with Crippen molar-refractivity contribution in [1.29, 1.82) is 0 Å². The highest BCUT2D eigenvalue weighted by Crippen LogP contribution is 2.35. The van der Waals surface area contributed by atoms with Gasteiger partial charge in [0, 0.05) is 15.5 Å². The average Bonchev–Trinajstić information content (AvgIpc) is 2.76. The number of nitro benzene ring substituents is 1. The van der Waals surface area contributed by atoms with Crippen molar-refractivity contribution in [3.8, 4) is 0 Å². The highest BCUT2D eigenvalue weighted by Gasteiger charge is 2.20. The van der Waals surface area contributed by atoms with Crippen LogP contribution in [-0.4, -0.2) is 9.91 Å². The number of hydrogen-bond donors (Lipinski definition) is 1. The molecule has 9 heteroatoms. The number of rotatable bonds is 4. The minimum absolute atomic E-state index is 0.0607. The lowest BCUT2D eigenvalue weighted by Gasteiger charge is -2.07. The summed E-state index contributed by atoms with van der Waals surface area (Å²) in [5, 5.41) is 14.2. The first-order valence-electron chi connectivity index (χ1n) is 4.95. The van der Waals surface area contributed by atoms with E-state index in [1.807, 2.05) is 22.6 Å². The van der Waals surface area contributed by atoms with Crippen molar-refractivity contribution in [3.05, 3.63) is 45.8 Å². The molecule has 5 nitrogen and oxygen atoms in total. The molecule has 0 unspecified atom stereocenters. The molecule has 0 aliphatic heterocycles. The Morgan fingerprint density at radius 2 is 2.32 bits per heavy atom. The van der Waals surface area contributed by atoms with Crippen molar-refractivity contribution in [2.75, 3.05) is 5.32 Å². The first-order chi connectivity index (χ1) is 8.99. The van der Waals surface area contributed by atoms with Crippen molar-refractivity contribution >= 4 is 72.8 Å². The fourth-order valence-corrected chi connectivity index (χ4v) is 3.31. The van der Waals surface area contributed by atoms with Gasteiger partial charge in [0.25, 0.3) is 0 Å². The van der Waals surface area contributed by atoms with E-state index in [9.17, 15) is 10.1 Å². The minimum atomic E-state index is -0.394. The Bertz CT molecular complexity index is 637. The standard InChI is InChI=1S/C10H6BrClIN3O2S/c11-6-1-2-7(9(8(6)13)16(17)18)14-3-5-4-15-10(12)19-5/h1-2,4,14H,3H2. The lowest BCUT2D eigenvalue weighted by Crippen LogP contribution is -2.03. The molecule has 0 amide bonds. The highest BCUT2D eigenvalue weighted by atomic mass is 127. The van der Waals surface area contributed by atoms with Gasteiger partial charge in [-0.15, -0.1) is 11.3 Å². The average molecular weight is 475 g/mol. The third-order valence-electron chi connectivity index (χ3n) is 2.23. The Morgan fingerprint density at radius 1 is 1.58 bits per heavy atom. The number of benzene rings is 1. The van der Waals surface area contributed by atoms with Crippen molar-refractivity contribution in [3.63, 3.8) is 0 Å². The molecule has 0 aliphatic rings. The molecule has 0 atom stereocenters. The fourth-order valence-electron chi connectivity index (χ4n) is 1.41. The van der Waals surface area contributed by atoms with Gasteiger partial charge >= 0.3 is 5.69 Å². The summed E-state index contributed by atoms with van der Waals surface area (Å²) in [5.74, 6) is 0.